The van der Waals surface area contributed by atoms with E-state index in [4.69, 9.17) is 0 Å². The van der Waals surface area contributed by atoms with Crippen LogP contribution in [0, 0.1) is 11.3 Å². The largest absolute Gasteiger partial charge is 0.375 e. The van der Waals surface area contributed by atoms with Crippen LogP contribution >= 0.6 is 0 Å². The van der Waals surface area contributed by atoms with Crippen molar-refractivity contribution >= 4 is 0 Å². The van der Waals surface area contributed by atoms with Gasteiger partial charge in [0.2, 0.25) is 0 Å². The Morgan fingerprint density at radius 3 is 2.62 bits per heavy atom. The molecule has 2 aliphatic carbocycles. The normalized spacial score (nSPS) is 27.4. The fraction of sp³-hybridized carbons (Fsp3) is 0.600. The van der Waals surface area contributed by atoms with E-state index in [1.807, 2.05) is 0 Å². The number of unbranched alkanes of at least 4 members (excludes halogenated alkanes) is 1. The average molecular weight is 283 g/mol. The van der Waals surface area contributed by atoms with Crippen LogP contribution < -0.4 is 0 Å². The first kappa shape index (κ1) is 14.7. The van der Waals surface area contributed by atoms with Gasteiger partial charge in [0.25, 0.3) is 0 Å². The number of hydrogen-bond acceptors (Lipinski definition) is 1. The Bertz CT molecular complexity index is 488. The van der Waals surface area contributed by atoms with Gasteiger partial charge in [-0.05, 0) is 48.5 Å². The van der Waals surface area contributed by atoms with Crippen molar-refractivity contribution in [1.29, 1.82) is 0 Å². The van der Waals surface area contributed by atoms with Crippen molar-refractivity contribution in [3.8, 4) is 0 Å². The molecule has 0 heterocycles. The maximum atomic E-state index is 4.41. The molecule has 2 fully saturated rings. The minimum Gasteiger partial charge on any atom is -0.375 e. The lowest BCUT2D eigenvalue weighted by Crippen LogP contribution is -2.31. The summed E-state index contributed by atoms with van der Waals surface area (Å²) >= 11 is 0. The fourth-order valence-electron chi connectivity index (χ4n) is 3.57. The van der Waals surface area contributed by atoms with Gasteiger partial charge in [-0.1, -0.05) is 57.2 Å². The molecule has 2 aliphatic rings. The number of rotatable bonds is 8. The first-order chi connectivity index (χ1) is 10.1. The molecule has 2 unspecified atom stereocenters. The summed E-state index contributed by atoms with van der Waals surface area (Å²) in [6.45, 7) is 11.5. The molecule has 0 radical (unpaired) electrons. The zero-order valence-electron chi connectivity index (χ0n) is 13.6. The zero-order valence-corrected chi connectivity index (χ0v) is 13.6. The van der Waals surface area contributed by atoms with Gasteiger partial charge in [0.05, 0.1) is 0 Å². The molecule has 3 rings (SSSR count). The van der Waals surface area contributed by atoms with Crippen LogP contribution in [0.3, 0.4) is 0 Å². The average Bonchev–Trinajstić information content (AvgIpc) is 3.40. The van der Waals surface area contributed by atoms with Crippen molar-refractivity contribution in [2.75, 3.05) is 13.1 Å². The molecule has 1 aromatic rings. The summed E-state index contributed by atoms with van der Waals surface area (Å²) in [6, 6.07) is 11.0. The van der Waals surface area contributed by atoms with Crippen molar-refractivity contribution in [3.63, 3.8) is 0 Å². The van der Waals surface area contributed by atoms with Crippen molar-refractivity contribution in [2.45, 2.75) is 51.9 Å². The van der Waals surface area contributed by atoms with Gasteiger partial charge in [-0.15, -0.1) is 0 Å². The van der Waals surface area contributed by atoms with Crippen LogP contribution in [-0.2, 0) is 0 Å². The number of allylic oxidation sites excluding steroid dienone is 1. The molecule has 0 N–H and O–H groups in total. The van der Waals surface area contributed by atoms with E-state index in [9.17, 15) is 0 Å². The predicted molar refractivity (Wildman–Crippen MR) is 90.3 cm³/mol. The van der Waals surface area contributed by atoms with Gasteiger partial charge in [-0.2, -0.15) is 0 Å². The third-order valence-electron chi connectivity index (χ3n) is 5.34. The van der Waals surface area contributed by atoms with E-state index < -0.39 is 0 Å². The smallest absolute Gasteiger partial charge is 0.0234 e. The Morgan fingerprint density at radius 2 is 2.00 bits per heavy atom. The lowest BCUT2D eigenvalue weighted by atomic mass is 9.99. The second-order valence-corrected chi connectivity index (χ2v) is 7.36. The minimum absolute atomic E-state index is 0.451. The summed E-state index contributed by atoms with van der Waals surface area (Å²) in [6.07, 6.45) is 6.61. The van der Waals surface area contributed by atoms with Gasteiger partial charge in [-0.3, -0.25) is 0 Å². The summed E-state index contributed by atoms with van der Waals surface area (Å²) < 4.78 is 0. The molecule has 0 saturated heterocycles. The zero-order chi connectivity index (χ0) is 14.9. The highest BCUT2D eigenvalue weighted by Crippen LogP contribution is 2.59. The lowest BCUT2D eigenvalue weighted by Gasteiger charge is -2.30. The Labute approximate surface area is 130 Å². The Hall–Kier alpha value is -1.24. The highest BCUT2D eigenvalue weighted by Gasteiger charge is 2.51. The van der Waals surface area contributed by atoms with Crippen molar-refractivity contribution in [1.82, 2.24) is 4.90 Å². The van der Waals surface area contributed by atoms with Crippen molar-refractivity contribution in [3.05, 3.63) is 48.2 Å². The van der Waals surface area contributed by atoms with Crippen LogP contribution in [0.1, 0.15) is 57.4 Å². The highest BCUT2D eigenvalue weighted by atomic mass is 15.2. The van der Waals surface area contributed by atoms with Crippen molar-refractivity contribution in [2.24, 2.45) is 11.3 Å². The Morgan fingerprint density at radius 1 is 1.29 bits per heavy atom. The third-order valence-corrected chi connectivity index (χ3v) is 5.34. The lowest BCUT2D eigenvalue weighted by molar-refractivity contribution is 0.264. The molecular weight excluding hydrogens is 254 g/mol. The SMILES string of the molecule is C=C(C1CC1)N(CCCC)CC1(C)CC1c1ccccc1. The maximum absolute atomic E-state index is 4.41. The van der Waals surface area contributed by atoms with E-state index in [0.29, 0.717) is 5.41 Å². The first-order valence-corrected chi connectivity index (χ1v) is 8.63. The van der Waals surface area contributed by atoms with E-state index in [1.54, 1.807) is 0 Å². The van der Waals surface area contributed by atoms with E-state index >= 15 is 0 Å². The molecule has 2 atom stereocenters. The minimum atomic E-state index is 0.451. The summed E-state index contributed by atoms with van der Waals surface area (Å²) in [5.41, 5.74) is 3.39. The molecule has 21 heavy (non-hydrogen) atoms. The van der Waals surface area contributed by atoms with Crippen molar-refractivity contribution < 1.29 is 0 Å². The van der Waals surface area contributed by atoms with Crippen LogP contribution in [0.5, 0.6) is 0 Å². The highest BCUT2D eigenvalue weighted by molar-refractivity contribution is 5.29. The quantitative estimate of drug-likeness (QED) is 0.633. The van der Waals surface area contributed by atoms with Crippen LogP contribution in [0.4, 0.5) is 0 Å². The van der Waals surface area contributed by atoms with E-state index in [1.165, 1.54) is 56.5 Å². The predicted octanol–water partition coefficient (Wildman–Crippen LogP) is 5.21. The Kier molecular flexibility index (Phi) is 4.10. The summed E-state index contributed by atoms with van der Waals surface area (Å²) in [7, 11) is 0. The topological polar surface area (TPSA) is 3.24 Å². The number of nitrogens with zero attached hydrogens (tertiary/aromatic N) is 1. The van der Waals surface area contributed by atoms with Gasteiger partial charge >= 0.3 is 0 Å². The molecule has 0 amide bonds. The van der Waals surface area contributed by atoms with Crippen LogP contribution in [-0.4, -0.2) is 18.0 Å². The standard InChI is InChI=1S/C20H29N/c1-4-5-13-21(16(2)17-11-12-17)15-20(3)14-19(20)18-9-7-6-8-10-18/h6-10,17,19H,2,4-5,11-15H2,1,3H3. The summed E-state index contributed by atoms with van der Waals surface area (Å²) in [4.78, 5) is 2.62. The second-order valence-electron chi connectivity index (χ2n) is 7.36. The molecule has 1 heteroatoms. The van der Waals surface area contributed by atoms with E-state index in [2.05, 4.69) is 55.7 Å². The molecule has 0 aromatic heterocycles. The number of hydrogen-bond donors (Lipinski definition) is 0. The maximum Gasteiger partial charge on any atom is 0.0234 e. The summed E-state index contributed by atoms with van der Waals surface area (Å²) in [5, 5.41) is 0. The van der Waals surface area contributed by atoms with E-state index in [0.717, 1.165) is 11.8 Å². The number of benzene rings is 1. The van der Waals surface area contributed by atoms with Crippen LogP contribution in [0.2, 0.25) is 0 Å². The van der Waals surface area contributed by atoms with Crippen LogP contribution in [0.15, 0.2) is 42.6 Å². The van der Waals surface area contributed by atoms with Crippen LogP contribution in [0.25, 0.3) is 0 Å². The first-order valence-electron chi connectivity index (χ1n) is 8.63. The van der Waals surface area contributed by atoms with Gasteiger partial charge < -0.3 is 4.90 Å². The molecule has 114 valence electrons. The molecule has 0 spiro atoms. The molecule has 1 nitrogen and oxygen atoms in total. The van der Waals surface area contributed by atoms with Gasteiger partial charge in [0.1, 0.15) is 0 Å². The van der Waals surface area contributed by atoms with Gasteiger partial charge in [0.15, 0.2) is 0 Å². The molecule has 0 aliphatic heterocycles. The third kappa shape index (κ3) is 3.33. The van der Waals surface area contributed by atoms with Gasteiger partial charge in [0, 0.05) is 18.8 Å². The fourth-order valence-corrected chi connectivity index (χ4v) is 3.57. The monoisotopic (exact) mass is 283 g/mol. The molecular formula is C20H29N. The Balaban J connectivity index is 1.64. The molecule has 2 saturated carbocycles. The van der Waals surface area contributed by atoms with E-state index in [-0.39, 0.29) is 0 Å². The summed E-state index contributed by atoms with van der Waals surface area (Å²) in [5.74, 6) is 1.54. The molecule has 0 bridgehead atoms. The molecule has 1 aromatic carbocycles. The van der Waals surface area contributed by atoms with Gasteiger partial charge in [-0.25, -0.2) is 0 Å². The second kappa shape index (κ2) is 5.87.